The Balaban J connectivity index is 3.07. The molecule has 2 atom stereocenters. The van der Waals surface area contributed by atoms with Crippen LogP contribution in [0, 0.1) is 15.9 Å². The quantitative estimate of drug-likeness (QED) is 0.455. The second-order valence-corrected chi connectivity index (χ2v) is 3.46. The summed E-state index contributed by atoms with van der Waals surface area (Å²) in [6, 6.07) is 1.35. The lowest BCUT2D eigenvalue weighted by Gasteiger charge is -2.16. The molecule has 1 aromatic carbocycles. The first kappa shape index (κ1) is 14.0. The van der Waals surface area contributed by atoms with Gasteiger partial charge in [0.2, 0.25) is 5.82 Å². The van der Waals surface area contributed by atoms with E-state index >= 15 is 0 Å². The summed E-state index contributed by atoms with van der Waals surface area (Å²) < 4.78 is 17.4. The monoisotopic (exact) mass is 258 g/mol. The zero-order valence-corrected chi connectivity index (χ0v) is 9.37. The SMILES string of the molecule is COC(=O)[C@@H](N)[C@H](O)c1ccc(F)c([N+](=O)[O-])c1. The molecule has 7 nitrogen and oxygen atoms in total. The lowest BCUT2D eigenvalue weighted by atomic mass is 10.0. The number of benzene rings is 1. The number of aliphatic hydroxyl groups is 1. The second kappa shape index (κ2) is 5.52. The molecule has 0 spiro atoms. The maximum Gasteiger partial charge on any atom is 0.325 e. The van der Waals surface area contributed by atoms with Crippen LogP contribution >= 0.6 is 0 Å². The molecule has 0 fully saturated rings. The number of nitrogens with two attached hydrogens (primary N) is 1. The molecule has 18 heavy (non-hydrogen) atoms. The molecule has 0 aliphatic carbocycles. The largest absolute Gasteiger partial charge is 0.468 e. The van der Waals surface area contributed by atoms with E-state index in [0.29, 0.717) is 0 Å². The van der Waals surface area contributed by atoms with Crippen LogP contribution in [-0.2, 0) is 9.53 Å². The van der Waals surface area contributed by atoms with Gasteiger partial charge in [0.1, 0.15) is 12.1 Å². The molecule has 8 heteroatoms. The maximum absolute atomic E-state index is 13.1. The molecule has 0 aromatic heterocycles. The van der Waals surface area contributed by atoms with Crippen molar-refractivity contribution in [2.24, 2.45) is 5.73 Å². The maximum atomic E-state index is 13.1. The Morgan fingerprint density at radius 3 is 2.72 bits per heavy atom. The average molecular weight is 258 g/mol. The van der Waals surface area contributed by atoms with Crippen molar-refractivity contribution in [3.05, 3.63) is 39.7 Å². The number of nitro groups is 1. The highest BCUT2D eigenvalue weighted by molar-refractivity contribution is 5.76. The lowest BCUT2D eigenvalue weighted by molar-refractivity contribution is -0.387. The van der Waals surface area contributed by atoms with Crippen molar-refractivity contribution in [1.29, 1.82) is 0 Å². The molecule has 0 aliphatic rings. The predicted octanol–water partition coefficient (Wildman–Crippen LogP) is 0.268. The molecule has 0 aliphatic heterocycles. The molecular formula is C10H11FN2O5. The van der Waals surface area contributed by atoms with Crippen LogP contribution in [0.4, 0.5) is 10.1 Å². The van der Waals surface area contributed by atoms with E-state index < -0.39 is 34.5 Å². The molecule has 0 saturated carbocycles. The number of halogens is 1. The van der Waals surface area contributed by atoms with E-state index in [9.17, 15) is 24.4 Å². The minimum atomic E-state index is -1.52. The molecular weight excluding hydrogens is 247 g/mol. The van der Waals surface area contributed by atoms with Gasteiger partial charge in [0, 0.05) is 6.07 Å². The zero-order chi connectivity index (χ0) is 13.9. The third-order valence-corrected chi connectivity index (χ3v) is 2.32. The minimum Gasteiger partial charge on any atom is -0.468 e. The fraction of sp³-hybridized carbons (Fsp3) is 0.300. The Bertz CT molecular complexity index is 479. The number of nitrogens with zero attached hydrogens (tertiary/aromatic N) is 1. The van der Waals surface area contributed by atoms with E-state index in [1.807, 2.05) is 0 Å². The van der Waals surface area contributed by atoms with Crippen molar-refractivity contribution in [2.75, 3.05) is 7.11 Å². The van der Waals surface area contributed by atoms with Crippen LogP contribution in [-0.4, -0.2) is 29.2 Å². The molecule has 98 valence electrons. The summed E-state index contributed by atoms with van der Waals surface area (Å²) in [4.78, 5) is 20.7. The number of nitro benzene ring substituents is 1. The summed E-state index contributed by atoms with van der Waals surface area (Å²) in [7, 11) is 1.09. The Morgan fingerprint density at radius 2 is 2.22 bits per heavy atom. The third-order valence-electron chi connectivity index (χ3n) is 2.32. The Kier molecular flexibility index (Phi) is 4.29. The Labute approximate surface area is 101 Å². The first-order valence-electron chi connectivity index (χ1n) is 4.83. The topological polar surface area (TPSA) is 116 Å². The molecule has 0 amide bonds. The van der Waals surface area contributed by atoms with Crippen LogP contribution in [0.5, 0.6) is 0 Å². The number of ether oxygens (including phenoxy) is 1. The van der Waals surface area contributed by atoms with E-state index in [2.05, 4.69) is 4.74 Å². The van der Waals surface area contributed by atoms with E-state index in [1.165, 1.54) is 0 Å². The highest BCUT2D eigenvalue weighted by Gasteiger charge is 2.27. The number of carbonyl (C=O) groups excluding carboxylic acids is 1. The van der Waals surface area contributed by atoms with Crippen LogP contribution in [0.25, 0.3) is 0 Å². The highest BCUT2D eigenvalue weighted by Crippen LogP contribution is 2.24. The predicted molar refractivity (Wildman–Crippen MR) is 58.0 cm³/mol. The summed E-state index contributed by atoms with van der Waals surface area (Å²) in [6.45, 7) is 0. The normalized spacial score (nSPS) is 13.8. The van der Waals surface area contributed by atoms with Crippen LogP contribution in [0.2, 0.25) is 0 Å². The van der Waals surface area contributed by atoms with Crippen LogP contribution in [0.15, 0.2) is 18.2 Å². The molecule has 3 N–H and O–H groups in total. The molecule has 1 aromatic rings. The summed E-state index contributed by atoms with van der Waals surface area (Å²) in [6.07, 6.45) is -1.52. The van der Waals surface area contributed by atoms with Gasteiger partial charge in [-0.25, -0.2) is 0 Å². The zero-order valence-electron chi connectivity index (χ0n) is 9.37. The highest BCUT2D eigenvalue weighted by atomic mass is 19.1. The van der Waals surface area contributed by atoms with Crippen molar-refractivity contribution in [3.8, 4) is 0 Å². The third kappa shape index (κ3) is 2.79. The van der Waals surface area contributed by atoms with Crippen molar-refractivity contribution >= 4 is 11.7 Å². The van der Waals surface area contributed by atoms with Gasteiger partial charge in [-0.2, -0.15) is 4.39 Å². The van der Waals surface area contributed by atoms with Crippen molar-refractivity contribution < 1.29 is 24.0 Å². The summed E-state index contributed by atoms with van der Waals surface area (Å²) in [5, 5.41) is 20.2. The van der Waals surface area contributed by atoms with Gasteiger partial charge >= 0.3 is 11.7 Å². The fourth-order valence-corrected chi connectivity index (χ4v) is 1.33. The van der Waals surface area contributed by atoms with Crippen LogP contribution in [0.3, 0.4) is 0 Å². The van der Waals surface area contributed by atoms with Gasteiger partial charge in [-0.3, -0.25) is 14.9 Å². The van der Waals surface area contributed by atoms with Crippen molar-refractivity contribution in [1.82, 2.24) is 0 Å². The van der Waals surface area contributed by atoms with Gasteiger partial charge in [-0.05, 0) is 11.6 Å². The van der Waals surface area contributed by atoms with Crippen LogP contribution < -0.4 is 5.73 Å². The van der Waals surface area contributed by atoms with Crippen molar-refractivity contribution in [3.63, 3.8) is 0 Å². The number of hydrogen-bond acceptors (Lipinski definition) is 6. The first-order valence-corrected chi connectivity index (χ1v) is 4.83. The smallest absolute Gasteiger partial charge is 0.325 e. The number of carbonyl (C=O) groups is 1. The Hall–Kier alpha value is -2.06. The van der Waals surface area contributed by atoms with Gasteiger partial charge in [0.25, 0.3) is 0 Å². The minimum absolute atomic E-state index is 0.0407. The molecule has 0 saturated heterocycles. The Morgan fingerprint density at radius 1 is 1.61 bits per heavy atom. The average Bonchev–Trinajstić information content (AvgIpc) is 2.36. The van der Waals surface area contributed by atoms with Gasteiger partial charge in [-0.1, -0.05) is 6.07 Å². The van der Waals surface area contributed by atoms with Crippen molar-refractivity contribution in [2.45, 2.75) is 12.1 Å². The summed E-state index contributed by atoms with van der Waals surface area (Å²) in [5.41, 5.74) is 4.54. The van der Waals surface area contributed by atoms with E-state index in [-0.39, 0.29) is 5.56 Å². The first-order chi connectivity index (χ1) is 8.38. The van der Waals surface area contributed by atoms with Gasteiger partial charge in [0.15, 0.2) is 0 Å². The molecule has 0 unspecified atom stereocenters. The number of hydrogen-bond donors (Lipinski definition) is 2. The van der Waals surface area contributed by atoms with Gasteiger partial charge in [-0.15, -0.1) is 0 Å². The molecule has 1 rings (SSSR count). The summed E-state index contributed by atoms with van der Waals surface area (Å²) >= 11 is 0. The number of esters is 1. The second-order valence-electron chi connectivity index (χ2n) is 3.46. The van der Waals surface area contributed by atoms with Gasteiger partial charge in [0.05, 0.1) is 12.0 Å². The number of aliphatic hydroxyl groups excluding tert-OH is 1. The molecule has 0 heterocycles. The number of rotatable bonds is 4. The lowest BCUT2D eigenvalue weighted by Crippen LogP contribution is -2.37. The van der Waals surface area contributed by atoms with E-state index in [1.54, 1.807) is 0 Å². The van der Waals surface area contributed by atoms with Crippen LogP contribution in [0.1, 0.15) is 11.7 Å². The summed E-state index contributed by atoms with van der Waals surface area (Å²) in [5.74, 6) is -1.92. The van der Waals surface area contributed by atoms with E-state index in [4.69, 9.17) is 5.73 Å². The molecule has 0 radical (unpaired) electrons. The standard InChI is InChI=1S/C10H11FN2O5/c1-18-10(15)8(12)9(14)5-2-3-6(11)7(4-5)13(16)17/h2-4,8-9,14H,12H2,1H3/t8-,9+/m0/s1. The number of methoxy groups -OCH3 is 1. The fourth-order valence-electron chi connectivity index (χ4n) is 1.33. The molecule has 0 bridgehead atoms. The van der Waals surface area contributed by atoms with E-state index in [0.717, 1.165) is 25.3 Å². The van der Waals surface area contributed by atoms with Gasteiger partial charge < -0.3 is 15.6 Å².